The van der Waals surface area contributed by atoms with Crippen LogP contribution in [-0.2, 0) is 4.79 Å². The van der Waals surface area contributed by atoms with Crippen molar-refractivity contribution in [3.63, 3.8) is 0 Å². The Morgan fingerprint density at radius 2 is 2.21 bits per heavy atom. The molecule has 1 aliphatic rings. The van der Waals surface area contributed by atoms with Crippen molar-refractivity contribution in [3.05, 3.63) is 35.1 Å². The first-order valence-corrected chi connectivity index (χ1v) is 6.36. The molecule has 0 bridgehead atoms. The van der Waals surface area contributed by atoms with Crippen LogP contribution >= 0.6 is 0 Å². The lowest BCUT2D eigenvalue weighted by molar-refractivity contribution is -0.124. The molecule has 2 aromatic rings. The molecule has 1 aliphatic heterocycles. The molecule has 3 rings (SSSR count). The molecule has 1 saturated heterocycles. The second kappa shape index (κ2) is 4.79. The Labute approximate surface area is 109 Å². The van der Waals surface area contributed by atoms with Gasteiger partial charge in [0.2, 0.25) is 5.91 Å². The van der Waals surface area contributed by atoms with Crippen LogP contribution in [0.25, 0.3) is 10.9 Å². The monoisotopic (exact) mass is 258 g/mol. The molecule has 0 unspecified atom stereocenters. The largest absolute Gasteiger partial charge is 0.354 e. The van der Waals surface area contributed by atoms with Crippen LogP contribution in [0.2, 0.25) is 0 Å². The first-order chi connectivity index (χ1) is 9.27. The third kappa shape index (κ3) is 2.09. The predicted octanol–water partition coefficient (Wildman–Crippen LogP) is 0.633. The van der Waals surface area contributed by atoms with Gasteiger partial charge in [0, 0.05) is 18.9 Å². The van der Waals surface area contributed by atoms with Crippen molar-refractivity contribution >= 4 is 16.8 Å². The molecule has 1 atom stereocenters. The van der Waals surface area contributed by atoms with E-state index in [4.69, 9.17) is 0 Å². The maximum atomic E-state index is 12.4. The Hall–Kier alpha value is -2.24. The first-order valence-electron chi connectivity index (χ1n) is 6.36. The summed E-state index contributed by atoms with van der Waals surface area (Å²) in [6.45, 7) is 0.673. The van der Waals surface area contributed by atoms with Crippen molar-refractivity contribution in [3.8, 4) is 0 Å². The highest BCUT2D eigenvalue weighted by molar-refractivity contribution is 5.81. The van der Waals surface area contributed by atoms with Crippen LogP contribution in [0.1, 0.15) is 25.3 Å². The molecule has 6 nitrogen and oxygen atoms in total. The van der Waals surface area contributed by atoms with Gasteiger partial charge in [0.15, 0.2) is 0 Å². The number of rotatable bonds is 1. The molecule has 0 aromatic carbocycles. The minimum Gasteiger partial charge on any atom is -0.354 e. The van der Waals surface area contributed by atoms with E-state index < -0.39 is 6.04 Å². The van der Waals surface area contributed by atoms with E-state index in [2.05, 4.69) is 15.3 Å². The Balaban J connectivity index is 2.12. The SMILES string of the molecule is O=C1NCCCC[C@@H]1n1cnc2ccncc2c1=O. The fraction of sp³-hybridized carbons (Fsp3) is 0.385. The van der Waals surface area contributed by atoms with E-state index in [9.17, 15) is 9.59 Å². The Morgan fingerprint density at radius 3 is 3.11 bits per heavy atom. The van der Waals surface area contributed by atoms with Gasteiger partial charge < -0.3 is 5.32 Å². The lowest BCUT2D eigenvalue weighted by Crippen LogP contribution is -2.36. The molecule has 1 N–H and O–H groups in total. The fourth-order valence-corrected chi connectivity index (χ4v) is 2.39. The van der Waals surface area contributed by atoms with E-state index in [1.807, 2.05) is 0 Å². The minimum absolute atomic E-state index is 0.107. The van der Waals surface area contributed by atoms with Crippen molar-refractivity contribution in [2.45, 2.75) is 25.3 Å². The maximum absolute atomic E-state index is 12.4. The van der Waals surface area contributed by atoms with Crippen LogP contribution in [0.4, 0.5) is 0 Å². The molecule has 0 saturated carbocycles. The summed E-state index contributed by atoms with van der Waals surface area (Å²) in [6, 6.07) is 1.22. The molecular formula is C13H14N4O2. The predicted molar refractivity (Wildman–Crippen MR) is 69.7 cm³/mol. The van der Waals surface area contributed by atoms with Crippen LogP contribution in [0, 0.1) is 0 Å². The highest BCUT2D eigenvalue weighted by atomic mass is 16.2. The van der Waals surface area contributed by atoms with Gasteiger partial charge in [-0.2, -0.15) is 0 Å². The van der Waals surface area contributed by atoms with Crippen molar-refractivity contribution in [2.75, 3.05) is 6.54 Å². The van der Waals surface area contributed by atoms with Crippen LogP contribution in [0.5, 0.6) is 0 Å². The first kappa shape index (κ1) is 11.8. The van der Waals surface area contributed by atoms with Crippen molar-refractivity contribution in [1.29, 1.82) is 0 Å². The quantitative estimate of drug-likeness (QED) is 0.814. The molecule has 3 heterocycles. The zero-order valence-electron chi connectivity index (χ0n) is 10.4. The van der Waals surface area contributed by atoms with E-state index in [1.54, 1.807) is 12.3 Å². The Morgan fingerprint density at radius 1 is 1.32 bits per heavy atom. The fourth-order valence-electron chi connectivity index (χ4n) is 2.39. The zero-order valence-corrected chi connectivity index (χ0v) is 10.4. The molecule has 2 aromatic heterocycles. The van der Waals surface area contributed by atoms with Gasteiger partial charge in [-0.3, -0.25) is 19.1 Å². The number of amides is 1. The third-order valence-electron chi connectivity index (χ3n) is 3.43. The second-order valence-corrected chi connectivity index (χ2v) is 4.65. The summed E-state index contributed by atoms with van der Waals surface area (Å²) in [7, 11) is 0. The van der Waals surface area contributed by atoms with E-state index in [0.717, 1.165) is 12.8 Å². The molecule has 1 fully saturated rings. The molecule has 0 radical (unpaired) electrons. The zero-order chi connectivity index (χ0) is 13.2. The van der Waals surface area contributed by atoms with Crippen molar-refractivity contribution in [2.24, 2.45) is 0 Å². The number of hydrogen-bond acceptors (Lipinski definition) is 4. The number of nitrogens with one attached hydrogen (secondary N) is 1. The summed E-state index contributed by atoms with van der Waals surface area (Å²) in [5, 5.41) is 3.27. The number of carbonyl (C=O) groups excluding carboxylic acids is 1. The minimum atomic E-state index is -0.466. The molecule has 6 heteroatoms. The number of pyridine rings is 1. The van der Waals surface area contributed by atoms with Gasteiger partial charge >= 0.3 is 0 Å². The van der Waals surface area contributed by atoms with Crippen LogP contribution < -0.4 is 10.9 Å². The van der Waals surface area contributed by atoms with E-state index >= 15 is 0 Å². The molecule has 98 valence electrons. The highest BCUT2D eigenvalue weighted by Crippen LogP contribution is 2.17. The molecule has 1 amide bonds. The summed E-state index contributed by atoms with van der Waals surface area (Å²) < 4.78 is 1.42. The van der Waals surface area contributed by atoms with Crippen molar-refractivity contribution in [1.82, 2.24) is 19.9 Å². The Bertz CT molecular complexity index is 680. The molecule has 0 spiro atoms. The lowest BCUT2D eigenvalue weighted by atomic mass is 10.1. The van der Waals surface area contributed by atoms with E-state index in [0.29, 0.717) is 23.9 Å². The van der Waals surface area contributed by atoms with Crippen LogP contribution in [-0.4, -0.2) is 27.0 Å². The summed E-state index contributed by atoms with van der Waals surface area (Å²) >= 11 is 0. The number of carbonyl (C=O) groups is 1. The van der Waals surface area contributed by atoms with Gasteiger partial charge in [-0.15, -0.1) is 0 Å². The average molecular weight is 258 g/mol. The third-order valence-corrected chi connectivity index (χ3v) is 3.43. The van der Waals surface area contributed by atoms with Gasteiger partial charge in [-0.05, 0) is 25.3 Å². The van der Waals surface area contributed by atoms with Gasteiger partial charge in [0.05, 0.1) is 17.2 Å². The topological polar surface area (TPSA) is 76.9 Å². The summed E-state index contributed by atoms with van der Waals surface area (Å²) in [5.74, 6) is -0.107. The van der Waals surface area contributed by atoms with E-state index in [-0.39, 0.29) is 11.5 Å². The Kier molecular flexibility index (Phi) is 2.98. The number of hydrogen-bond donors (Lipinski definition) is 1. The molecule has 19 heavy (non-hydrogen) atoms. The lowest BCUT2D eigenvalue weighted by Gasteiger charge is -2.16. The normalized spacial score (nSPS) is 20.0. The van der Waals surface area contributed by atoms with Gasteiger partial charge in [-0.25, -0.2) is 4.98 Å². The van der Waals surface area contributed by atoms with Crippen LogP contribution in [0.3, 0.4) is 0 Å². The number of nitrogens with zero attached hydrogens (tertiary/aromatic N) is 3. The highest BCUT2D eigenvalue weighted by Gasteiger charge is 2.23. The van der Waals surface area contributed by atoms with Gasteiger partial charge in [0.1, 0.15) is 6.04 Å². The standard InChI is InChI=1S/C13H14N4O2/c18-12-11(3-1-2-5-15-12)17-8-16-10-4-6-14-7-9(10)13(17)19/h4,6-8,11H,1-3,5H2,(H,15,18)/t11-/m0/s1. The molecular weight excluding hydrogens is 244 g/mol. The van der Waals surface area contributed by atoms with Gasteiger partial charge in [0.25, 0.3) is 5.56 Å². The number of fused-ring (bicyclic) bond motifs is 1. The van der Waals surface area contributed by atoms with Gasteiger partial charge in [-0.1, -0.05) is 0 Å². The number of aromatic nitrogens is 3. The summed E-state index contributed by atoms with van der Waals surface area (Å²) in [5.41, 5.74) is 0.394. The van der Waals surface area contributed by atoms with Crippen LogP contribution in [0.15, 0.2) is 29.6 Å². The maximum Gasteiger partial charge on any atom is 0.263 e. The second-order valence-electron chi connectivity index (χ2n) is 4.65. The smallest absolute Gasteiger partial charge is 0.263 e. The molecule has 0 aliphatic carbocycles. The van der Waals surface area contributed by atoms with Crippen molar-refractivity contribution < 1.29 is 4.79 Å². The van der Waals surface area contributed by atoms with E-state index in [1.165, 1.54) is 17.1 Å². The summed E-state index contributed by atoms with van der Waals surface area (Å²) in [4.78, 5) is 32.5. The average Bonchev–Trinajstić information content (AvgIpc) is 2.65. The summed E-state index contributed by atoms with van der Waals surface area (Å²) in [6.07, 6.45) is 7.08.